The summed E-state index contributed by atoms with van der Waals surface area (Å²) in [6, 6.07) is 3.36. The molecular formula is C17H23ClO3. The number of carbonyl (C=O) groups is 1. The fraction of sp³-hybridized carbons (Fsp3) is 0.588. The van der Waals surface area contributed by atoms with Crippen molar-refractivity contribution >= 4 is 17.4 Å². The molecule has 3 nitrogen and oxygen atoms in total. The third-order valence-electron chi connectivity index (χ3n) is 4.56. The lowest BCUT2D eigenvalue weighted by Crippen LogP contribution is -2.34. The van der Waals surface area contributed by atoms with Crippen LogP contribution in [0, 0.1) is 11.3 Å². The van der Waals surface area contributed by atoms with Crippen LogP contribution < -0.4 is 9.47 Å². The van der Waals surface area contributed by atoms with E-state index in [1.54, 1.807) is 26.4 Å². The van der Waals surface area contributed by atoms with Crippen LogP contribution in [-0.2, 0) is 0 Å². The number of rotatable bonds is 4. The van der Waals surface area contributed by atoms with Crippen LogP contribution in [0.4, 0.5) is 0 Å². The fourth-order valence-corrected chi connectivity index (χ4v) is 3.46. The summed E-state index contributed by atoms with van der Waals surface area (Å²) in [5.74, 6) is 1.22. The number of methoxy groups -OCH3 is 2. The predicted octanol–water partition coefficient (Wildman–Crippen LogP) is 4.76. The van der Waals surface area contributed by atoms with E-state index in [4.69, 9.17) is 21.1 Å². The number of halogens is 1. The highest BCUT2D eigenvalue weighted by molar-refractivity contribution is 6.34. The molecule has 0 amide bonds. The van der Waals surface area contributed by atoms with E-state index in [1.165, 1.54) is 6.42 Å². The molecule has 0 bridgehead atoms. The van der Waals surface area contributed by atoms with Gasteiger partial charge in [-0.05, 0) is 24.3 Å². The zero-order chi connectivity index (χ0) is 15.6. The van der Waals surface area contributed by atoms with E-state index in [0.717, 1.165) is 19.3 Å². The Bertz CT molecular complexity index is 537. The molecule has 1 aliphatic carbocycles. The highest BCUT2D eigenvalue weighted by Gasteiger charge is 2.38. The molecular weight excluding hydrogens is 288 g/mol. The molecule has 1 atom stereocenters. The van der Waals surface area contributed by atoms with Crippen LogP contribution in [0.5, 0.6) is 11.5 Å². The van der Waals surface area contributed by atoms with Crippen LogP contribution in [0.3, 0.4) is 0 Å². The average Bonchev–Trinajstić information content (AvgIpc) is 2.45. The molecule has 4 heteroatoms. The van der Waals surface area contributed by atoms with Gasteiger partial charge in [-0.15, -0.1) is 0 Å². The van der Waals surface area contributed by atoms with Crippen LogP contribution in [0.1, 0.15) is 49.9 Å². The summed E-state index contributed by atoms with van der Waals surface area (Å²) in [4.78, 5) is 12.9. The predicted molar refractivity (Wildman–Crippen MR) is 84.6 cm³/mol. The molecule has 1 unspecified atom stereocenters. The van der Waals surface area contributed by atoms with Gasteiger partial charge in [-0.3, -0.25) is 4.79 Å². The topological polar surface area (TPSA) is 35.5 Å². The third-order valence-corrected chi connectivity index (χ3v) is 4.88. The van der Waals surface area contributed by atoms with Gasteiger partial charge in [0.25, 0.3) is 0 Å². The van der Waals surface area contributed by atoms with E-state index in [1.807, 2.05) is 0 Å². The van der Waals surface area contributed by atoms with Crippen LogP contribution >= 0.6 is 11.6 Å². The van der Waals surface area contributed by atoms with Crippen molar-refractivity contribution in [1.82, 2.24) is 0 Å². The number of Topliss-reactive ketones (excluding diaryl/α,β-unsaturated/α-hetero) is 1. The Balaban J connectivity index is 2.39. The molecule has 0 aromatic heterocycles. The summed E-state index contributed by atoms with van der Waals surface area (Å²) in [5.41, 5.74) is 0.556. The van der Waals surface area contributed by atoms with Gasteiger partial charge < -0.3 is 9.47 Å². The Labute approximate surface area is 131 Å². The number of hydrogen-bond acceptors (Lipinski definition) is 3. The number of ether oxygens (including phenoxy) is 2. The van der Waals surface area contributed by atoms with Gasteiger partial charge in [-0.25, -0.2) is 0 Å². The number of carbonyl (C=O) groups excluding carboxylic acids is 1. The second kappa shape index (κ2) is 6.27. The zero-order valence-electron chi connectivity index (χ0n) is 13.2. The maximum absolute atomic E-state index is 12.9. The molecule has 0 N–H and O–H groups in total. The van der Waals surface area contributed by atoms with E-state index in [-0.39, 0.29) is 17.1 Å². The summed E-state index contributed by atoms with van der Waals surface area (Å²) in [6.45, 7) is 4.34. The van der Waals surface area contributed by atoms with Gasteiger partial charge in [0.2, 0.25) is 0 Å². The molecule has 0 spiro atoms. The van der Waals surface area contributed by atoms with Crippen molar-refractivity contribution in [3.63, 3.8) is 0 Å². The largest absolute Gasteiger partial charge is 0.493 e. The van der Waals surface area contributed by atoms with Crippen LogP contribution in [0.15, 0.2) is 12.1 Å². The van der Waals surface area contributed by atoms with E-state index >= 15 is 0 Å². The Kier molecular flexibility index (Phi) is 4.82. The first-order chi connectivity index (χ1) is 9.90. The SMILES string of the molecule is COc1cc(Cl)c(C(=O)C2CCCCC2(C)C)cc1OC. The molecule has 1 saturated carbocycles. The van der Waals surface area contributed by atoms with E-state index < -0.39 is 0 Å². The molecule has 116 valence electrons. The molecule has 1 aromatic carbocycles. The second-order valence-electron chi connectivity index (χ2n) is 6.34. The van der Waals surface area contributed by atoms with E-state index in [9.17, 15) is 4.79 Å². The lowest BCUT2D eigenvalue weighted by Gasteiger charge is -2.37. The summed E-state index contributed by atoms with van der Waals surface area (Å²) in [5, 5.41) is 0.430. The highest BCUT2D eigenvalue weighted by atomic mass is 35.5. The molecule has 1 fully saturated rings. The maximum Gasteiger partial charge on any atom is 0.168 e. The summed E-state index contributed by atoms with van der Waals surface area (Å²) in [7, 11) is 3.12. The Hall–Kier alpha value is -1.22. The number of ketones is 1. The van der Waals surface area contributed by atoms with Gasteiger partial charge in [0, 0.05) is 17.5 Å². The van der Waals surface area contributed by atoms with Gasteiger partial charge in [0.05, 0.1) is 19.2 Å². The van der Waals surface area contributed by atoms with Crippen LogP contribution in [0.25, 0.3) is 0 Å². The van der Waals surface area contributed by atoms with E-state index in [2.05, 4.69) is 13.8 Å². The first kappa shape index (κ1) is 16.2. The van der Waals surface area contributed by atoms with Crippen molar-refractivity contribution in [2.75, 3.05) is 14.2 Å². The molecule has 0 aliphatic heterocycles. The smallest absolute Gasteiger partial charge is 0.168 e. The lowest BCUT2D eigenvalue weighted by atomic mass is 9.66. The molecule has 0 saturated heterocycles. The van der Waals surface area contributed by atoms with Crippen molar-refractivity contribution in [3.8, 4) is 11.5 Å². The molecule has 21 heavy (non-hydrogen) atoms. The number of hydrogen-bond donors (Lipinski definition) is 0. The minimum absolute atomic E-state index is 0.0156. The van der Waals surface area contributed by atoms with Crippen LogP contribution in [0.2, 0.25) is 5.02 Å². The minimum atomic E-state index is 0.0156. The van der Waals surface area contributed by atoms with Crippen molar-refractivity contribution in [1.29, 1.82) is 0 Å². The van der Waals surface area contributed by atoms with Gasteiger partial charge in [-0.1, -0.05) is 38.3 Å². The van der Waals surface area contributed by atoms with E-state index in [0.29, 0.717) is 22.1 Å². The van der Waals surface area contributed by atoms with Gasteiger partial charge in [0.15, 0.2) is 17.3 Å². The van der Waals surface area contributed by atoms with Gasteiger partial charge in [-0.2, -0.15) is 0 Å². The Morgan fingerprint density at radius 2 is 1.81 bits per heavy atom. The molecule has 0 radical (unpaired) electrons. The summed E-state index contributed by atoms with van der Waals surface area (Å²) >= 11 is 6.29. The Morgan fingerprint density at radius 3 is 2.38 bits per heavy atom. The number of benzene rings is 1. The summed E-state index contributed by atoms with van der Waals surface area (Å²) < 4.78 is 10.5. The van der Waals surface area contributed by atoms with Crippen LogP contribution in [-0.4, -0.2) is 20.0 Å². The normalized spacial score (nSPS) is 20.9. The quantitative estimate of drug-likeness (QED) is 0.752. The van der Waals surface area contributed by atoms with Crippen molar-refractivity contribution < 1.29 is 14.3 Å². The zero-order valence-corrected chi connectivity index (χ0v) is 13.9. The van der Waals surface area contributed by atoms with Crippen molar-refractivity contribution in [2.24, 2.45) is 11.3 Å². The first-order valence-electron chi connectivity index (χ1n) is 7.36. The average molecular weight is 311 g/mol. The third kappa shape index (κ3) is 3.18. The summed E-state index contributed by atoms with van der Waals surface area (Å²) in [6.07, 6.45) is 4.30. The maximum atomic E-state index is 12.9. The van der Waals surface area contributed by atoms with Gasteiger partial charge >= 0.3 is 0 Å². The fourth-order valence-electron chi connectivity index (χ4n) is 3.21. The second-order valence-corrected chi connectivity index (χ2v) is 6.75. The Morgan fingerprint density at radius 1 is 1.19 bits per heavy atom. The minimum Gasteiger partial charge on any atom is -0.493 e. The monoisotopic (exact) mass is 310 g/mol. The lowest BCUT2D eigenvalue weighted by molar-refractivity contribution is 0.0697. The molecule has 2 rings (SSSR count). The first-order valence-corrected chi connectivity index (χ1v) is 7.74. The highest BCUT2D eigenvalue weighted by Crippen LogP contribution is 2.44. The van der Waals surface area contributed by atoms with Gasteiger partial charge in [0.1, 0.15) is 0 Å². The van der Waals surface area contributed by atoms with Crippen molar-refractivity contribution in [2.45, 2.75) is 39.5 Å². The molecule has 1 aromatic rings. The standard InChI is InChI=1S/C17H23ClO3/c1-17(2)8-6-5-7-12(17)16(19)11-9-14(20-3)15(21-4)10-13(11)18/h9-10,12H,5-8H2,1-4H3. The molecule has 0 heterocycles. The molecule has 1 aliphatic rings. The van der Waals surface area contributed by atoms with Crippen molar-refractivity contribution in [3.05, 3.63) is 22.7 Å².